The zero-order valence-electron chi connectivity index (χ0n) is 11.0. The largest absolute Gasteiger partial charge is 0.751 e. The Labute approximate surface area is 121 Å². The Morgan fingerprint density at radius 1 is 1.06 bits per heavy atom. The van der Waals surface area contributed by atoms with E-state index in [1.165, 1.54) is 0 Å². The van der Waals surface area contributed by atoms with Crippen LogP contribution in [0.3, 0.4) is 0 Å². The van der Waals surface area contributed by atoms with E-state index in [1.54, 1.807) is 20.8 Å². The number of hydrogen-bond acceptors (Lipinski definition) is 7. The molecule has 0 fully saturated rings. The van der Waals surface area contributed by atoms with Crippen LogP contribution in [0.25, 0.3) is 0 Å². The Morgan fingerprint density at radius 3 is 1.83 bits per heavy atom. The second-order valence-electron chi connectivity index (χ2n) is 3.29. The minimum absolute atomic E-state index is 0.153. The van der Waals surface area contributed by atoms with Crippen molar-refractivity contribution < 1.29 is 22.5 Å². The predicted octanol–water partition coefficient (Wildman–Crippen LogP) is 2.04. The lowest BCUT2D eigenvalue weighted by atomic mass is 10.3. The first kappa shape index (κ1) is 18.3. The molecule has 0 aromatic rings. The van der Waals surface area contributed by atoms with Crippen LogP contribution in [0.2, 0.25) is 0 Å². The van der Waals surface area contributed by atoms with Gasteiger partial charge in [-0.25, -0.2) is 0 Å². The van der Waals surface area contributed by atoms with Crippen molar-refractivity contribution in [1.82, 2.24) is 0 Å². The van der Waals surface area contributed by atoms with E-state index < -0.39 is 15.0 Å². The third kappa shape index (κ3) is 7.65. The Bertz CT molecular complexity index is 223. The maximum absolute atomic E-state index is 11.7. The SMILES string of the molecule is CCO[Si](OCC)(OCC)OC(=O)CCC(S)S. The molecule has 0 saturated heterocycles. The van der Waals surface area contributed by atoms with Crippen molar-refractivity contribution in [3.8, 4) is 0 Å². The predicted molar refractivity (Wildman–Crippen MR) is 77.7 cm³/mol. The Morgan fingerprint density at radius 2 is 1.50 bits per heavy atom. The van der Waals surface area contributed by atoms with E-state index in [9.17, 15) is 4.79 Å². The summed E-state index contributed by atoms with van der Waals surface area (Å²) in [4.78, 5) is 11.7. The highest BCUT2D eigenvalue weighted by atomic mass is 32.2. The van der Waals surface area contributed by atoms with Gasteiger partial charge in [0.15, 0.2) is 0 Å². The summed E-state index contributed by atoms with van der Waals surface area (Å²) >= 11 is 8.16. The molecular weight excluding hydrogens is 292 g/mol. The van der Waals surface area contributed by atoms with Crippen LogP contribution in [0.1, 0.15) is 33.6 Å². The van der Waals surface area contributed by atoms with Crippen molar-refractivity contribution >= 4 is 40.3 Å². The van der Waals surface area contributed by atoms with Crippen LogP contribution in [-0.4, -0.2) is 39.4 Å². The summed E-state index contributed by atoms with van der Waals surface area (Å²) in [6, 6.07) is 0. The van der Waals surface area contributed by atoms with E-state index in [-0.39, 0.29) is 11.0 Å². The van der Waals surface area contributed by atoms with E-state index in [0.717, 1.165) is 0 Å². The molecule has 0 aliphatic rings. The molecule has 0 N–H and O–H groups in total. The quantitative estimate of drug-likeness (QED) is 0.367. The van der Waals surface area contributed by atoms with E-state index in [0.29, 0.717) is 26.2 Å². The minimum Gasteiger partial charge on any atom is -0.452 e. The summed E-state index contributed by atoms with van der Waals surface area (Å²) in [5.74, 6) is -0.412. The Balaban J connectivity index is 4.48. The highest BCUT2D eigenvalue weighted by Gasteiger charge is 2.49. The van der Waals surface area contributed by atoms with Crippen LogP contribution in [-0.2, 0) is 22.5 Å². The molecule has 0 amide bonds. The molecule has 0 radical (unpaired) electrons. The lowest BCUT2D eigenvalue weighted by Gasteiger charge is -2.26. The van der Waals surface area contributed by atoms with Gasteiger partial charge in [0.2, 0.25) is 0 Å². The van der Waals surface area contributed by atoms with Gasteiger partial charge < -0.3 is 17.7 Å². The normalized spacial score (nSPS) is 11.9. The van der Waals surface area contributed by atoms with Crippen LogP contribution < -0.4 is 0 Å². The summed E-state index contributed by atoms with van der Waals surface area (Å²) in [7, 11) is -3.33. The highest BCUT2D eigenvalue weighted by molar-refractivity contribution is 7.99. The monoisotopic (exact) mass is 314 g/mol. The van der Waals surface area contributed by atoms with Gasteiger partial charge in [0, 0.05) is 30.8 Å². The Hall–Kier alpha value is 0.267. The summed E-state index contributed by atoms with van der Waals surface area (Å²) in [6.07, 6.45) is 0.722. The molecule has 0 atom stereocenters. The Kier molecular flexibility index (Phi) is 10.3. The number of rotatable bonds is 10. The first-order valence-corrected chi connectivity index (χ1v) is 8.66. The maximum Gasteiger partial charge on any atom is 0.751 e. The molecule has 0 aliphatic heterocycles. The smallest absolute Gasteiger partial charge is 0.452 e. The number of hydrogen-bond donors (Lipinski definition) is 2. The first-order chi connectivity index (χ1) is 8.49. The number of thiol groups is 2. The topological polar surface area (TPSA) is 54.0 Å². The lowest BCUT2D eigenvalue weighted by Crippen LogP contribution is -2.50. The van der Waals surface area contributed by atoms with Crippen molar-refractivity contribution in [2.45, 2.75) is 38.2 Å². The van der Waals surface area contributed by atoms with Gasteiger partial charge in [-0.3, -0.25) is 4.79 Å². The minimum atomic E-state index is -3.33. The molecular formula is C10H22O5S2Si. The van der Waals surface area contributed by atoms with Gasteiger partial charge in [-0.15, -0.1) is 0 Å². The first-order valence-electron chi connectivity index (χ1n) is 5.99. The van der Waals surface area contributed by atoms with Gasteiger partial charge >= 0.3 is 9.05 Å². The van der Waals surface area contributed by atoms with Crippen molar-refractivity contribution in [2.75, 3.05) is 19.8 Å². The van der Waals surface area contributed by atoms with Crippen LogP contribution in [0, 0.1) is 0 Å². The van der Waals surface area contributed by atoms with E-state index in [2.05, 4.69) is 25.3 Å². The standard InChI is InChI=1S/C10H22O5S2Si/c1-4-12-18(13-5-2,14-6-3)15-9(11)7-8-10(16)17/h10,16-17H,4-8H2,1-3H3. The fourth-order valence-electron chi connectivity index (χ4n) is 1.18. The highest BCUT2D eigenvalue weighted by Crippen LogP contribution is 2.15. The number of carbonyl (C=O) groups excluding carboxylic acids is 1. The fourth-order valence-corrected chi connectivity index (χ4v) is 3.31. The molecule has 0 saturated carbocycles. The fraction of sp³-hybridized carbons (Fsp3) is 0.900. The molecule has 0 heterocycles. The average Bonchev–Trinajstić information content (AvgIpc) is 2.27. The number of carbonyl (C=O) groups is 1. The molecule has 108 valence electrons. The van der Waals surface area contributed by atoms with E-state index in [1.807, 2.05) is 0 Å². The summed E-state index contributed by atoms with van der Waals surface area (Å²) in [5.41, 5.74) is 0. The van der Waals surface area contributed by atoms with Gasteiger partial charge in [0.25, 0.3) is 5.97 Å². The third-order valence-corrected chi connectivity index (χ3v) is 4.73. The van der Waals surface area contributed by atoms with Gasteiger partial charge in [-0.2, -0.15) is 25.3 Å². The van der Waals surface area contributed by atoms with Gasteiger partial charge in [-0.1, -0.05) is 0 Å². The molecule has 0 unspecified atom stereocenters. The zero-order chi connectivity index (χ0) is 14.0. The second kappa shape index (κ2) is 10.1. The van der Waals surface area contributed by atoms with Gasteiger partial charge in [0.1, 0.15) is 0 Å². The molecule has 8 heteroatoms. The van der Waals surface area contributed by atoms with Crippen molar-refractivity contribution in [3.05, 3.63) is 0 Å². The van der Waals surface area contributed by atoms with E-state index >= 15 is 0 Å². The zero-order valence-corrected chi connectivity index (χ0v) is 13.8. The average molecular weight is 315 g/mol. The molecule has 0 spiro atoms. The molecule has 5 nitrogen and oxygen atoms in total. The second-order valence-corrected chi connectivity index (χ2v) is 7.02. The van der Waals surface area contributed by atoms with Crippen LogP contribution in [0.15, 0.2) is 0 Å². The van der Waals surface area contributed by atoms with Crippen LogP contribution in [0.5, 0.6) is 0 Å². The summed E-state index contributed by atoms with van der Waals surface area (Å²) in [6.45, 7) is 6.48. The van der Waals surface area contributed by atoms with Crippen molar-refractivity contribution in [2.24, 2.45) is 0 Å². The molecule has 18 heavy (non-hydrogen) atoms. The van der Waals surface area contributed by atoms with Crippen molar-refractivity contribution in [3.63, 3.8) is 0 Å². The molecule has 0 aromatic heterocycles. The molecule has 0 rings (SSSR count). The van der Waals surface area contributed by atoms with Crippen LogP contribution in [0.4, 0.5) is 0 Å². The van der Waals surface area contributed by atoms with Gasteiger partial charge in [-0.05, 0) is 27.2 Å². The van der Waals surface area contributed by atoms with Gasteiger partial charge in [0.05, 0.1) is 0 Å². The molecule has 0 aromatic carbocycles. The third-order valence-electron chi connectivity index (χ3n) is 1.81. The molecule has 0 aliphatic carbocycles. The summed E-state index contributed by atoms with van der Waals surface area (Å²) in [5, 5.41) is 0. The lowest BCUT2D eigenvalue weighted by molar-refractivity contribution is -0.144. The molecule has 0 bridgehead atoms. The van der Waals surface area contributed by atoms with E-state index in [4.69, 9.17) is 17.7 Å². The van der Waals surface area contributed by atoms with Crippen molar-refractivity contribution in [1.29, 1.82) is 0 Å². The van der Waals surface area contributed by atoms with Crippen LogP contribution >= 0.6 is 25.3 Å². The summed E-state index contributed by atoms with van der Waals surface area (Å²) < 4.78 is 21.3. The maximum atomic E-state index is 11.7.